The average Bonchev–Trinajstić information content (AvgIpc) is 2.13. The summed E-state index contributed by atoms with van der Waals surface area (Å²) in [5.41, 5.74) is 3.66. The maximum atomic E-state index is 10.7. The predicted octanol–water partition coefficient (Wildman–Crippen LogP) is -0.820. The molecule has 1 fully saturated rings. The lowest BCUT2D eigenvalue weighted by molar-refractivity contribution is -0.382. The van der Waals surface area contributed by atoms with Gasteiger partial charge in [-0.15, -0.1) is 0 Å². The quantitative estimate of drug-likeness (QED) is 0.471. The van der Waals surface area contributed by atoms with E-state index in [1.165, 1.54) is 0 Å². The standard InChI is InChI=1S/C6H11NO2/c1-4-2-5(3-7)9-6(4)8/h4-5H,2-3,7H2,1H3/p+1/t4-,5-/m0/s1. The van der Waals surface area contributed by atoms with Crippen molar-refractivity contribution >= 4 is 5.97 Å². The van der Waals surface area contributed by atoms with Crippen molar-refractivity contribution in [3.8, 4) is 0 Å². The zero-order chi connectivity index (χ0) is 6.85. The molecule has 0 aliphatic carbocycles. The number of quaternary nitrogens is 1. The molecule has 0 bridgehead atoms. The summed E-state index contributed by atoms with van der Waals surface area (Å²) in [4.78, 5) is 10.7. The van der Waals surface area contributed by atoms with Crippen LogP contribution in [0.5, 0.6) is 0 Å². The molecule has 0 radical (unpaired) electrons. The third kappa shape index (κ3) is 1.21. The first-order valence-electron chi connectivity index (χ1n) is 3.23. The Morgan fingerprint density at radius 3 is 2.78 bits per heavy atom. The van der Waals surface area contributed by atoms with Gasteiger partial charge >= 0.3 is 5.97 Å². The number of rotatable bonds is 1. The summed E-state index contributed by atoms with van der Waals surface area (Å²) in [5, 5.41) is 0. The molecular weight excluding hydrogens is 118 g/mol. The smallest absolute Gasteiger partial charge is 0.309 e. The van der Waals surface area contributed by atoms with Gasteiger partial charge in [-0.25, -0.2) is 0 Å². The van der Waals surface area contributed by atoms with E-state index in [9.17, 15) is 4.79 Å². The van der Waals surface area contributed by atoms with E-state index in [-0.39, 0.29) is 18.0 Å². The lowest BCUT2D eigenvalue weighted by Crippen LogP contribution is -2.55. The molecule has 1 aliphatic rings. The van der Waals surface area contributed by atoms with Crippen LogP contribution in [0.25, 0.3) is 0 Å². The average molecular weight is 130 g/mol. The van der Waals surface area contributed by atoms with Crippen LogP contribution in [0.2, 0.25) is 0 Å². The zero-order valence-electron chi connectivity index (χ0n) is 5.59. The number of esters is 1. The second-order valence-corrected chi connectivity index (χ2v) is 2.48. The number of cyclic esters (lactones) is 1. The molecule has 0 aromatic heterocycles. The molecule has 0 saturated carbocycles. The molecule has 0 unspecified atom stereocenters. The highest BCUT2D eigenvalue weighted by Crippen LogP contribution is 2.18. The van der Waals surface area contributed by atoms with Gasteiger partial charge < -0.3 is 10.5 Å². The number of ether oxygens (including phenoxy) is 1. The molecule has 1 rings (SSSR count). The van der Waals surface area contributed by atoms with Gasteiger partial charge in [0.25, 0.3) is 0 Å². The number of hydrogen-bond donors (Lipinski definition) is 1. The van der Waals surface area contributed by atoms with E-state index in [0.29, 0.717) is 6.54 Å². The second kappa shape index (κ2) is 2.35. The summed E-state index contributed by atoms with van der Waals surface area (Å²) in [6.07, 6.45) is 0.940. The first-order valence-corrected chi connectivity index (χ1v) is 3.23. The van der Waals surface area contributed by atoms with E-state index >= 15 is 0 Å². The van der Waals surface area contributed by atoms with Gasteiger partial charge in [-0.05, 0) is 0 Å². The Labute approximate surface area is 54.2 Å². The maximum absolute atomic E-state index is 10.7. The molecule has 3 heteroatoms. The van der Waals surface area contributed by atoms with Gasteiger partial charge in [-0.3, -0.25) is 4.79 Å². The molecule has 1 saturated heterocycles. The van der Waals surface area contributed by atoms with Gasteiger partial charge in [0.1, 0.15) is 6.54 Å². The van der Waals surface area contributed by atoms with Gasteiger partial charge in [0, 0.05) is 6.42 Å². The van der Waals surface area contributed by atoms with Gasteiger partial charge in [-0.1, -0.05) is 6.92 Å². The van der Waals surface area contributed by atoms with Crippen molar-refractivity contribution in [1.82, 2.24) is 0 Å². The molecule has 9 heavy (non-hydrogen) atoms. The molecule has 0 aromatic carbocycles. The molecule has 0 aromatic rings. The third-order valence-electron chi connectivity index (χ3n) is 1.62. The summed E-state index contributed by atoms with van der Waals surface area (Å²) in [7, 11) is 0. The van der Waals surface area contributed by atoms with E-state index in [1.807, 2.05) is 6.92 Å². The highest BCUT2D eigenvalue weighted by atomic mass is 16.6. The van der Waals surface area contributed by atoms with Crippen LogP contribution < -0.4 is 5.73 Å². The fourth-order valence-electron chi connectivity index (χ4n) is 0.996. The second-order valence-electron chi connectivity index (χ2n) is 2.48. The summed E-state index contributed by atoms with van der Waals surface area (Å²) in [6.45, 7) is 2.59. The Kier molecular flexibility index (Phi) is 1.71. The summed E-state index contributed by atoms with van der Waals surface area (Å²) in [5.74, 6) is 0.0281. The molecule has 3 N–H and O–H groups in total. The van der Waals surface area contributed by atoms with Crippen molar-refractivity contribution in [3.05, 3.63) is 0 Å². The van der Waals surface area contributed by atoms with Crippen LogP contribution in [-0.2, 0) is 9.53 Å². The molecule has 1 heterocycles. The van der Waals surface area contributed by atoms with Crippen molar-refractivity contribution in [2.75, 3.05) is 6.54 Å². The number of hydrogen-bond acceptors (Lipinski definition) is 2. The maximum Gasteiger partial charge on any atom is 0.309 e. The van der Waals surface area contributed by atoms with Gasteiger partial charge in [0.15, 0.2) is 6.10 Å². The van der Waals surface area contributed by atoms with Crippen molar-refractivity contribution < 1.29 is 15.3 Å². The Bertz CT molecular complexity index is 124. The lowest BCUT2D eigenvalue weighted by atomic mass is 10.1. The summed E-state index contributed by atoms with van der Waals surface area (Å²) < 4.78 is 4.92. The van der Waals surface area contributed by atoms with E-state index in [0.717, 1.165) is 6.42 Å². The molecule has 0 spiro atoms. The van der Waals surface area contributed by atoms with Crippen LogP contribution >= 0.6 is 0 Å². The fraction of sp³-hybridized carbons (Fsp3) is 0.833. The minimum atomic E-state index is -0.0661. The predicted molar refractivity (Wildman–Crippen MR) is 31.4 cm³/mol. The molecule has 3 nitrogen and oxygen atoms in total. The van der Waals surface area contributed by atoms with Crippen molar-refractivity contribution in [2.24, 2.45) is 5.92 Å². The van der Waals surface area contributed by atoms with Gasteiger partial charge in [-0.2, -0.15) is 0 Å². The number of carbonyl (C=O) groups excluding carboxylic acids is 1. The first kappa shape index (κ1) is 6.55. The third-order valence-corrected chi connectivity index (χ3v) is 1.62. The minimum Gasteiger partial charge on any atom is -0.456 e. The van der Waals surface area contributed by atoms with E-state index in [2.05, 4.69) is 5.73 Å². The highest BCUT2D eigenvalue weighted by molar-refractivity contribution is 5.74. The van der Waals surface area contributed by atoms with Crippen LogP contribution in [0.1, 0.15) is 13.3 Å². The molecule has 52 valence electrons. The van der Waals surface area contributed by atoms with Crippen LogP contribution in [0, 0.1) is 5.92 Å². The normalized spacial score (nSPS) is 34.7. The Hall–Kier alpha value is -0.570. The van der Waals surface area contributed by atoms with Crippen molar-refractivity contribution in [3.63, 3.8) is 0 Å². The highest BCUT2D eigenvalue weighted by Gasteiger charge is 2.30. The van der Waals surface area contributed by atoms with Crippen LogP contribution in [0.3, 0.4) is 0 Å². The lowest BCUT2D eigenvalue weighted by Gasteiger charge is -1.99. The van der Waals surface area contributed by atoms with E-state index in [1.54, 1.807) is 0 Å². The summed E-state index contributed by atoms with van der Waals surface area (Å²) in [6, 6.07) is 0. The summed E-state index contributed by atoms with van der Waals surface area (Å²) >= 11 is 0. The first-order chi connectivity index (χ1) is 4.24. The van der Waals surface area contributed by atoms with Gasteiger partial charge in [0.2, 0.25) is 0 Å². The Morgan fingerprint density at radius 2 is 2.56 bits per heavy atom. The zero-order valence-corrected chi connectivity index (χ0v) is 5.59. The largest absolute Gasteiger partial charge is 0.456 e. The fourth-order valence-corrected chi connectivity index (χ4v) is 0.996. The van der Waals surface area contributed by atoms with E-state index in [4.69, 9.17) is 4.74 Å². The molecule has 2 atom stereocenters. The molecular formula is C6H12NO2+. The van der Waals surface area contributed by atoms with Gasteiger partial charge in [0.05, 0.1) is 5.92 Å². The monoisotopic (exact) mass is 130 g/mol. The molecule has 1 aliphatic heterocycles. The Morgan fingerprint density at radius 1 is 1.89 bits per heavy atom. The Balaban J connectivity index is 2.44. The molecule has 0 amide bonds. The van der Waals surface area contributed by atoms with Crippen LogP contribution in [0.15, 0.2) is 0 Å². The van der Waals surface area contributed by atoms with Crippen molar-refractivity contribution in [2.45, 2.75) is 19.4 Å². The van der Waals surface area contributed by atoms with E-state index < -0.39 is 0 Å². The van der Waals surface area contributed by atoms with Crippen molar-refractivity contribution in [1.29, 1.82) is 0 Å². The topological polar surface area (TPSA) is 53.9 Å². The van der Waals surface area contributed by atoms with Crippen LogP contribution in [-0.4, -0.2) is 18.6 Å². The SMILES string of the molecule is C[C@H]1C[C@@H](C[NH3+])OC1=O. The van der Waals surface area contributed by atoms with Crippen LogP contribution in [0.4, 0.5) is 0 Å². The number of carbonyl (C=O) groups is 1. The minimum absolute atomic E-state index is 0.0661.